The van der Waals surface area contributed by atoms with E-state index >= 15 is 0 Å². The first kappa shape index (κ1) is 23.7. The average molecular weight is 496 g/mol. The van der Waals surface area contributed by atoms with E-state index in [9.17, 15) is 4.79 Å². The van der Waals surface area contributed by atoms with Crippen molar-refractivity contribution in [1.82, 2.24) is 10.6 Å². The van der Waals surface area contributed by atoms with Crippen LogP contribution >= 0.6 is 24.0 Å². The molecule has 0 aliphatic rings. The van der Waals surface area contributed by atoms with E-state index in [0.717, 1.165) is 24.3 Å². The molecular formula is C21H29IN4O2. The summed E-state index contributed by atoms with van der Waals surface area (Å²) in [5.41, 5.74) is 3.20. The van der Waals surface area contributed by atoms with E-state index in [0.29, 0.717) is 12.5 Å². The second kappa shape index (κ2) is 13.0. The predicted molar refractivity (Wildman–Crippen MR) is 126 cm³/mol. The van der Waals surface area contributed by atoms with E-state index in [1.165, 1.54) is 11.1 Å². The normalized spacial score (nSPS) is 10.6. The summed E-state index contributed by atoms with van der Waals surface area (Å²) in [6.07, 6.45) is 1.79. The van der Waals surface area contributed by atoms with Gasteiger partial charge in [-0.15, -0.1) is 24.0 Å². The highest BCUT2D eigenvalue weighted by Gasteiger charge is 2.05. The van der Waals surface area contributed by atoms with Crippen LogP contribution in [0.15, 0.2) is 53.5 Å². The van der Waals surface area contributed by atoms with Crippen molar-refractivity contribution >= 4 is 41.5 Å². The number of hydrogen-bond donors (Lipinski definition) is 3. The van der Waals surface area contributed by atoms with Crippen LogP contribution in [-0.2, 0) is 17.6 Å². The van der Waals surface area contributed by atoms with Gasteiger partial charge >= 0.3 is 0 Å². The number of carbonyl (C=O) groups excluding carboxylic acids is 1. The Morgan fingerprint density at radius 3 is 2.46 bits per heavy atom. The largest absolute Gasteiger partial charge is 0.497 e. The van der Waals surface area contributed by atoms with Gasteiger partial charge in [-0.05, 0) is 48.2 Å². The van der Waals surface area contributed by atoms with Crippen molar-refractivity contribution < 1.29 is 9.53 Å². The average Bonchev–Trinajstić information content (AvgIpc) is 2.71. The lowest BCUT2D eigenvalue weighted by Gasteiger charge is -2.12. The van der Waals surface area contributed by atoms with Crippen molar-refractivity contribution in [2.24, 2.45) is 4.99 Å². The van der Waals surface area contributed by atoms with Gasteiger partial charge in [0.15, 0.2) is 5.96 Å². The number of rotatable bonds is 8. The summed E-state index contributed by atoms with van der Waals surface area (Å²) in [6.45, 7) is 2.95. The Labute approximate surface area is 184 Å². The Balaban J connectivity index is 0.00000392. The first-order valence-corrected chi connectivity index (χ1v) is 9.10. The van der Waals surface area contributed by atoms with Gasteiger partial charge in [0.1, 0.15) is 5.75 Å². The second-order valence-electron chi connectivity index (χ2n) is 6.05. The Bertz CT molecular complexity index is 763. The predicted octanol–water partition coefficient (Wildman–Crippen LogP) is 3.22. The number of aryl methyl sites for hydroxylation is 1. The lowest BCUT2D eigenvalue weighted by molar-refractivity contribution is -0.115. The third-order valence-electron chi connectivity index (χ3n) is 4.12. The van der Waals surface area contributed by atoms with Gasteiger partial charge in [-0.1, -0.05) is 31.2 Å². The van der Waals surface area contributed by atoms with Crippen LogP contribution in [0.5, 0.6) is 5.75 Å². The molecule has 0 aromatic heterocycles. The maximum Gasteiger partial charge on any atom is 0.243 e. The first-order valence-electron chi connectivity index (χ1n) is 9.10. The Hall–Kier alpha value is -2.29. The van der Waals surface area contributed by atoms with E-state index < -0.39 is 0 Å². The standard InChI is InChI=1S/C21H28N4O2.HI/c1-4-16-6-5-7-18(14-16)25-20(26)15-24-21(22-2)23-13-12-17-8-10-19(27-3)11-9-17;/h5-11,14H,4,12-13,15H2,1-3H3,(H,25,26)(H2,22,23,24);1H. The molecule has 0 spiro atoms. The van der Waals surface area contributed by atoms with Crippen molar-refractivity contribution in [2.75, 3.05) is 32.6 Å². The van der Waals surface area contributed by atoms with Crippen LogP contribution in [-0.4, -0.2) is 39.1 Å². The third kappa shape index (κ3) is 8.16. The molecule has 0 heterocycles. The van der Waals surface area contributed by atoms with Gasteiger partial charge in [-0.2, -0.15) is 0 Å². The van der Waals surface area contributed by atoms with E-state index in [1.54, 1.807) is 14.2 Å². The number of aliphatic imine (C=N–C) groups is 1. The fourth-order valence-electron chi connectivity index (χ4n) is 2.58. The van der Waals surface area contributed by atoms with Gasteiger partial charge in [0.25, 0.3) is 0 Å². The first-order chi connectivity index (χ1) is 13.1. The van der Waals surface area contributed by atoms with Gasteiger partial charge < -0.3 is 20.7 Å². The SMILES string of the molecule is CCc1cccc(NC(=O)CNC(=NC)NCCc2ccc(OC)cc2)c1.I. The lowest BCUT2D eigenvalue weighted by atomic mass is 10.1. The van der Waals surface area contributed by atoms with Crippen LogP contribution < -0.4 is 20.7 Å². The van der Waals surface area contributed by atoms with Crippen molar-refractivity contribution in [3.8, 4) is 5.75 Å². The molecule has 0 fully saturated rings. The van der Waals surface area contributed by atoms with Crippen molar-refractivity contribution in [1.29, 1.82) is 0 Å². The lowest BCUT2D eigenvalue weighted by Crippen LogP contribution is -2.42. The van der Waals surface area contributed by atoms with E-state index in [1.807, 2.05) is 48.5 Å². The zero-order chi connectivity index (χ0) is 19.5. The third-order valence-corrected chi connectivity index (χ3v) is 4.12. The zero-order valence-electron chi connectivity index (χ0n) is 16.6. The number of anilines is 1. The molecular weight excluding hydrogens is 467 g/mol. The summed E-state index contributed by atoms with van der Waals surface area (Å²) >= 11 is 0. The molecule has 28 heavy (non-hydrogen) atoms. The highest BCUT2D eigenvalue weighted by Crippen LogP contribution is 2.11. The van der Waals surface area contributed by atoms with Crippen molar-refractivity contribution in [3.63, 3.8) is 0 Å². The smallest absolute Gasteiger partial charge is 0.243 e. The molecule has 0 atom stereocenters. The summed E-state index contributed by atoms with van der Waals surface area (Å²) in [5, 5.41) is 9.13. The molecule has 3 N–H and O–H groups in total. The summed E-state index contributed by atoms with van der Waals surface area (Å²) in [5.74, 6) is 1.34. The number of methoxy groups -OCH3 is 1. The number of nitrogens with one attached hydrogen (secondary N) is 3. The number of halogens is 1. The molecule has 152 valence electrons. The summed E-state index contributed by atoms with van der Waals surface area (Å²) < 4.78 is 5.16. The minimum atomic E-state index is -0.110. The molecule has 0 unspecified atom stereocenters. The van der Waals surface area contributed by atoms with Gasteiger partial charge in [0.2, 0.25) is 5.91 Å². The molecule has 1 amide bonds. The van der Waals surface area contributed by atoms with Gasteiger partial charge in [0, 0.05) is 19.3 Å². The number of guanidine groups is 1. The quantitative estimate of drug-likeness (QED) is 0.298. The van der Waals surface area contributed by atoms with Gasteiger partial charge in [-0.3, -0.25) is 9.79 Å². The van der Waals surface area contributed by atoms with E-state index in [-0.39, 0.29) is 36.4 Å². The Morgan fingerprint density at radius 1 is 1.07 bits per heavy atom. The van der Waals surface area contributed by atoms with Crippen molar-refractivity contribution in [2.45, 2.75) is 19.8 Å². The minimum absolute atomic E-state index is 0. The van der Waals surface area contributed by atoms with E-state index in [4.69, 9.17) is 4.74 Å². The number of hydrogen-bond acceptors (Lipinski definition) is 3. The van der Waals surface area contributed by atoms with Gasteiger partial charge in [-0.25, -0.2) is 0 Å². The van der Waals surface area contributed by atoms with E-state index in [2.05, 4.69) is 27.9 Å². The number of benzene rings is 2. The Morgan fingerprint density at radius 2 is 1.82 bits per heavy atom. The molecule has 0 saturated heterocycles. The zero-order valence-corrected chi connectivity index (χ0v) is 18.9. The van der Waals surface area contributed by atoms with Crippen LogP contribution in [0.4, 0.5) is 5.69 Å². The monoisotopic (exact) mass is 496 g/mol. The second-order valence-corrected chi connectivity index (χ2v) is 6.05. The summed E-state index contributed by atoms with van der Waals surface area (Å²) in [7, 11) is 3.34. The molecule has 2 rings (SSSR count). The molecule has 6 nitrogen and oxygen atoms in total. The van der Waals surface area contributed by atoms with Crippen LogP contribution in [0.1, 0.15) is 18.1 Å². The number of ether oxygens (including phenoxy) is 1. The summed E-state index contributed by atoms with van der Waals surface area (Å²) in [4.78, 5) is 16.3. The fourth-order valence-corrected chi connectivity index (χ4v) is 2.58. The van der Waals surface area contributed by atoms with Gasteiger partial charge in [0.05, 0.1) is 13.7 Å². The minimum Gasteiger partial charge on any atom is -0.497 e. The number of amides is 1. The maximum atomic E-state index is 12.1. The number of carbonyl (C=O) groups is 1. The summed E-state index contributed by atoms with van der Waals surface area (Å²) in [6, 6.07) is 15.8. The molecule has 0 bridgehead atoms. The van der Waals surface area contributed by atoms with Crippen LogP contribution in [0.3, 0.4) is 0 Å². The van der Waals surface area contributed by atoms with Crippen molar-refractivity contribution in [3.05, 3.63) is 59.7 Å². The fraction of sp³-hybridized carbons (Fsp3) is 0.333. The molecule has 7 heteroatoms. The highest BCUT2D eigenvalue weighted by atomic mass is 127. The molecule has 0 saturated carbocycles. The molecule has 2 aromatic rings. The van der Waals surface area contributed by atoms with Crippen LogP contribution in [0.2, 0.25) is 0 Å². The van der Waals surface area contributed by atoms with Crippen LogP contribution in [0, 0.1) is 0 Å². The molecule has 0 aliphatic heterocycles. The number of nitrogens with zero attached hydrogens (tertiary/aromatic N) is 1. The maximum absolute atomic E-state index is 12.1. The molecule has 0 aliphatic carbocycles. The topological polar surface area (TPSA) is 74.8 Å². The van der Waals surface area contributed by atoms with Crippen LogP contribution in [0.25, 0.3) is 0 Å². The molecule has 0 radical (unpaired) electrons. The Kier molecular flexibility index (Phi) is 11.0. The molecule has 2 aromatic carbocycles. The highest BCUT2D eigenvalue weighted by molar-refractivity contribution is 14.0.